The molecule has 0 unspecified atom stereocenters. The van der Waals surface area contributed by atoms with Crippen LogP contribution in [0, 0.1) is 12.7 Å². The van der Waals surface area contributed by atoms with Gasteiger partial charge in [-0.2, -0.15) is 0 Å². The number of ether oxygens (including phenoxy) is 1. The Morgan fingerprint density at radius 3 is 2.44 bits per heavy atom. The third kappa shape index (κ3) is 5.47. The minimum atomic E-state index is -0.667. The summed E-state index contributed by atoms with van der Waals surface area (Å²) < 4.78 is 19.3. The van der Waals surface area contributed by atoms with Crippen molar-refractivity contribution in [3.63, 3.8) is 0 Å². The van der Waals surface area contributed by atoms with Crippen LogP contribution < -0.4 is 15.4 Å². The summed E-state index contributed by atoms with van der Waals surface area (Å²) in [6.07, 6.45) is 1.51. The van der Waals surface area contributed by atoms with E-state index in [0.29, 0.717) is 22.6 Å². The van der Waals surface area contributed by atoms with Crippen LogP contribution in [0.15, 0.2) is 78.5 Å². The Bertz CT molecular complexity index is 1250. The maximum absolute atomic E-state index is 13.7. The summed E-state index contributed by atoms with van der Waals surface area (Å²) in [5, 5.41) is 5.16. The molecule has 3 aromatic carbocycles. The zero-order chi connectivity index (χ0) is 24.1. The Labute approximate surface area is 195 Å². The molecule has 0 saturated carbocycles. The lowest BCUT2D eigenvalue weighted by molar-refractivity contribution is -0.127. The molecule has 0 spiro atoms. The average Bonchev–Trinajstić information content (AvgIpc) is 3.08. The molecule has 1 aliphatic heterocycles. The number of urea groups is 1. The number of carbonyl (C=O) groups excluding carboxylic acids is 3. The highest BCUT2D eigenvalue weighted by atomic mass is 19.1. The molecule has 0 bridgehead atoms. The number of rotatable bonds is 7. The normalized spacial score (nSPS) is 14.3. The van der Waals surface area contributed by atoms with Crippen molar-refractivity contribution in [3.8, 4) is 5.75 Å². The second kappa shape index (κ2) is 9.99. The number of aryl methyl sites for hydroxylation is 1. The smallest absolute Gasteiger partial charge is 0.329 e. The fraction of sp³-hybridized carbons (Fsp3) is 0.115. The van der Waals surface area contributed by atoms with Crippen LogP contribution in [0.4, 0.5) is 14.9 Å². The third-order valence-electron chi connectivity index (χ3n) is 5.14. The number of benzene rings is 3. The zero-order valence-corrected chi connectivity index (χ0v) is 18.4. The number of carbonyl (C=O) groups is 3. The SMILES string of the molecule is Cc1ccc(NC(=O)CN2C(=O)N/C(=C/c3ccc(OCc4ccccc4F)cc3)C2=O)cc1. The Hall–Kier alpha value is -4.46. The van der Waals surface area contributed by atoms with E-state index in [-0.39, 0.29) is 18.1 Å². The maximum Gasteiger partial charge on any atom is 0.329 e. The number of anilines is 1. The standard InChI is InChI=1S/C26H22FN3O4/c1-17-6-10-20(11-7-17)28-24(31)15-30-25(32)23(29-26(30)33)14-18-8-12-21(13-9-18)34-16-19-4-2-3-5-22(19)27/h2-14H,15-16H2,1H3,(H,28,31)(H,29,33)/b23-14+. The quantitative estimate of drug-likeness (QED) is 0.409. The van der Waals surface area contributed by atoms with E-state index in [4.69, 9.17) is 4.74 Å². The molecule has 0 aliphatic carbocycles. The van der Waals surface area contributed by atoms with Crippen molar-refractivity contribution in [1.29, 1.82) is 0 Å². The fourth-order valence-electron chi connectivity index (χ4n) is 3.30. The summed E-state index contributed by atoms with van der Waals surface area (Å²) in [7, 11) is 0. The molecule has 4 rings (SSSR count). The zero-order valence-electron chi connectivity index (χ0n) is 18.4. The van der Waals surface area contributed by atoms with Gasteiger partial charge in [0.15, 0.2) is 0 Å². The second-order valence-electron chi connectivity index (χ2n) is 7.74. The summed E-state index contributed by atoms with van der Waals surface area (Å²) in [5.74, 6) is -0.882. The number of hydrogen-bond donors (Lipinski definition) is 2. The molecular weight excluding hydrogens is 437 g/mol. The van der Waals surface area contributed by atoms with Crippen LogP contribution in [0.5, 0.6) is 5.75 Å². The predicted octanol–water partition coefficient (Wildman–Crippen LogP) is 4.24. The van der Waals surface area contributed by atoms with Gasteiger partial charge in [-0.05, 0) is 48.9 Å². The summed E-state index contributed by atoms with van der Waals surface area (Å²) in [4.78, 5) is 38.0. The number of nitrogens with one attached hydrogen (secondary N) is 2. The van der Waals surface area contributed by atoms with Crippen LogP contribution >= 0.6 is 0 Å². The topological polar surface area (TPSA) is 87.7 Å². The van der Waals surface area contributed by atoms with E-state index in [1.54, 1.807) is 54.6 Å². The van der Waals surface area contributed by atoms with E-state index < -0.39 is 24.4 Å². The molecule has 1 aliphatic rings. The number of halogens is 1. The van der Waals surface area contributed by atoms with Gasteiger partial charge in [-0.3, -0.25) is 9.59 Å². The highest BCUT2D eigenvalue weighted by Crippen LogP contribution is 2.19. The first-order valence-corrected chi connectivity index (χ1v) is 10.6. The lowest BCUT2D eigenvalue weighted by Crippen LogP contribution is -2.38. The van der Waals surface area contributed by atoms with E-state index in [9.17, 15) is 18.8 Å². The van der Waals surface area contributed by atoms with E-state index in [1.807, 2.05) is 19.1 Å². The lowest BCUT2D eigenvalue weighted by atomic mass is 10.2. The Morgan fingerprint density at radius 2 is 1.74 bits per heavy atom. The molecule has 172 valence electrons. The first-order chi connectivity index (χ1) is 16.4. The van der Waals surface area contributed by atoms with E-state index in [2.05, 4.69) is 10.6 Å². The van der Waals surface area contributed by atoms with Crippen molar-refractivity contribution in [2.45, 2.75) is 13.5 Å². The average molecular weight is 459 g/mol. The minimum Gasteiger partial charge on any atom is -0.489 e. The minimum absolute atomic E-state index is 0.0631. The van der Waals surface area contributed by atoms with Gasteiger partial charge in [0, 0.05) is 11.3 Å². The summed E-state index contributed by atoms with van der Waals surface area (Å²) >= 11 is 0. The molecule has 3 aromatic rings. The molecule has 1 heterocycles. The predicted molar refractivity (Wildman–Crippen MR) is 125 cm³/mol. The molecule has 2 N–H and O–H groups in total. The van der Waals surface area contributed by atoms with Crippen molar-refractivity contribution < 1.29 is 23.5 Å². The highest BCUT2D eigenvalue weighted by Gasteiger charge is 2.34. The number of amides is 4. The third-order valence-corrected chi connectivity index (χ3v) is 5.14. The lowest BCUT2D eigenvalue weighted by Gasteiger charge is -2.12. The van der Waals surface area contributed by atoms with Crippen molar-refractivity contribution in [2.75, 3.05) is 11.9 Å². The molecule has 8 heteroatoms. The van der Waals surface area contributed by atoms with Gasteiger partial charge in [0.2, 0.25) is 5.91 Å². The van der Waals surface area contributed by atoms with Crippen molar-refractivity contribution in [3.05, 3.63) is 101 Å². The van der Waals surface area contributed by atoms with E-state index >= 15 is 0 Å². The van der Waals surface area contributed by atoms with E-state index in [1.165, 1.54) is 12.1 Å². The molecule has 34 heavy (non-hydrogen) atoms. The van der Waals surface area contributed by atoms with Gasteiger partial charge in [-0.25, -0.2) is 14.1 Å². The first kappa shape index (κ1) is 22.7. The van der Waals surface area contributed by atoms with Gasteiger partial charge < -0.3 is 15.4 Å². The number of hydrogen-bond acceptors (Lipinski definition) is 4. The molecule has 1 saturated heterocycles. The van der Waals surface area contributed by atoms with Crippen LogP contribution in [0.25, 0.3) is 6.08 Å². The fourth-order valence-corrected chi connectivity index (χ4v) is 3.30. The van der Waals surface area contributed by atoms with Crippen LogP contribution in [-0.2, 0) is 16.2 Å². The second-order valence-corrected chi connectivity index (χ2v) is 7.74. The maximum atomic E-state index is 13.7. The van der Waals surface area contributed by atoms with Gasteiger partial charge >= 0.3 is 6.03 Å². The Morgan fingerprint density at radius 1 is 1.03 bits per heavy atom. The molecular formula is C26H22FN3O4. The molecule has 1 fully saturated rings. The van der Waals surface area contributed by atoms with Crippen LogP contribution in [0.3, 0.4) is 0 Å². The number of imide groups is 1. The van der Waals surface area contributed by atoms with Gasteiger partial charge in [0.05, 0.1) is 0 Å². The first-order valence-electron chi connectivity index (χ1n) is 10.6. The van der Waals surface area contributed by atoms with Crippen molar-refractivity contribution >= 4 is 29.6 Å². The molecule has 0 radical (unpaired) electrons. The van der Waals surface area contributed by atoms with Crippen molar-refractivity contribution in [2.24, 2.45) is 0 Å². The summed E-state index contributed by atoms with van der Waals surface area (Å²) in [5.41, 5.74) is 2.78. The Kier molecular flexibility index (Phi) is 6.68. The van der Waals surface area contributed by atoms with Gasteiger partial charge in [-0.15, -0.1) is 0 Å². The van der Waals surface area contributed by atoms with Crippen LogP contribution in [0.1, 0.15) is 16.7 Å². The highest BCUT2D eigenvalue weighted by molar-refractivity contribution is 6.15. The largest absolute Gasteiger partial charge is 0.489 e. The number of nitrogens with zero attached hydrogens (tertiary/aromatic N) is 1. The van der Waals surface area contributed by atoms with E-state index in [0.717, 1.165) is 10.5 Å². The molecule has 0 aromatic heterocycles. The van der Waals surface area contributed by atoms with Crippen LogP contribution in [0.2, 0.25) is 0 Å². The summed E-state index contributed by atoms with van der Waals surface area (Å²) in [6, 6.07) is 19.7. The molecule has 0 atom stereocenters. The summed E-state index contributed by atoms with van der Waals surface area (Å²) in [6.45, 7) is 1.61. The molecule has 7 nitrogen and oxygen atoms in total. The van der Waals surface area contributed by atoms with Gasteiger partial charge in [0.1, 0.15) is 30.4 Å². The van der Waals surface area contributed by atoms with Crippen LogP contribution in [-0.4, -0.2) is 29.3 Å². The molecule has 4 amide bonds. The monoisotopic (exact) mass is 459 g/mol. The van der Waals surface area contributed by atoms with Crippen molar-refractivity contribution in [1.82, 2.24) is 10.2 Å². The van der Waals surface area contributed by atoms with Gasteiger partial charge in [0.25, 0.3) is 5.91 Å². The Balaban J connectivity index is 1.36. The van der Waals surface area contributed by atoms with Gasteiger partial charge in [-0.1, -0.05) is 48.0 Å².